The van der Waals surface area contributed by atoms with Gasteiger partial charge in [-0.15, -0.1) is 0 Å². The molecule has 3 heteroatoms. The van der Waals surface area contributed by atoms with Gasteiger partial charge in [0.05, 0.1) is 18.8 Å². The molecular formula is C8H16O3. The average Bonchev–Trinajstić information content (AvgIpc) is 1.98. The minimum Gasteiger partial charge on any atom is -0.390 e. The van der Waals surface area contributed by atoms with Gasteiger partial charge in [0.15, 0.2) is 0 Å². The fourth-order valence-electron chi connectivity index (χ4n) is 1.36. The van der Waals surface area contributed by atoms with Gasteiger partial charge < -0.3 is 14.9 Å². The van der Waals surface area contributed by atoms with Crippen molar-refractivity contribution in [3.05, 3.63) is 0 Å². The van der Waals surface area contributed by atoms with Crippen LogP contribution in [0.3, 0.4) is 0 Å². The molecule has 1 fully saturated rings. The van der Waals surface area contributed by atoms with E-state index in [1.54, 1.807) is 0 Å². The number of aliphatic hydroxyl groups excluding tert-OH is 2. The largest absolute Gasteiger partial charge is 0.390 e. The Balaban J connectivity index is 2.28. The van der Waals surface area contributed by atoms with Crippen LogP contribution in [0.5, 0.6) is 0 Å². The summed E-state index contributed by atoms with van der Waals surface area (Å²) in [5, 5.41) is 18.3. The zero-order valence-electron chi connectivity index (χ0n) is 6.86. The normalized spacial score (nSPS) is 39.0. The smallest absolute Gasteiger partial charge is 0.103 e. The molecule has 3 atom stereocenters. The van der Waals surface area contributed by atoms with E-state index in [0.717, 1.165) is 12.8 Å². The van der Waals surface area contributed by atoms with Crippen molar-refractivity contribution < 1.29 is 14.9 Å². The Labute approximate surface area is 67.0 Å². The van der Waals surface area contributed by atoms with Crippen LogP contribution in [0.15, 0.2) is 0 Å². The molecule has 1 saturated heterocycles. The molecule has 0 aromatic carbocycles. The summed E-state index contributed by atoms with van der Waals surface area (Å²) in [6.45, 7) is 2.37. The Kier molecular flexibility index (Phi) is 3.30. The van der Waals surface area contributed by atoms with Crippen molar-refractivity contribution in [3.8, 4) is 0 Å². The highest BCUT2D eigenvalue weighted by Gasteiger charge is 2.27. The summed E-state index contributed by atoms with van der Waals surface area (Å²) in [4.78, 5) is 0. The number of rotatable bonds is 2. The van der Waals surface area contributed by atoms with Gasteiger partial charge in [0.25, 0.3) is 0 Å². The third-order valence-electron chi connectivity index (χ3n) is 2.06. The van der Waals surface area contributed by atoms with Crippen LogP contribution in [0, 0.1) is 0 Å². The molecule has 0 saturated carbocycles. The fourth-order valence-corrected chi connectivity index (χ4v) is 1.36. The topological polar surface area (TPSA) is 49.7 Å². The number of hydrogen-bond donors (Lipinski definition) is 2. The predicted octanol–water partition coefficient (Wildman–Crippen LogP) is 0.297. The minimum absolute atomic E-state index is 0.151. The SMILES string of the molecule is CCCC1CC(O)C(O)CO1. The fraction of sp³-hybridized carbons (Fsp3) is 1.00. The molecule has 11 heavy (non-hydrogen) atoms. The molecule has 3 unspecified atom stereocenters. The van der Waals surface area contributed by atoms with Crippen molar-refractivity contribution in [1.82, 2.24) is 0 Å². The summed E-state index contributed by atoms with van der Waals surface area (Å²) in [7, 11) is 0. The third kappa shape index (κ3) is 2.43. The van der Waals surface area contributed by atoms with Crippen molar-refractivity contribution >= 4 is 0 Å². The molecule has 1 aliphatic rings. The van der Waals surface area contributed by atoms with Gasteiger partial charge in [-0.25, -0.2) is 0 Å². The zero-order valence-corrected chi connectivity index (χ0v) is 6.86. The monoisotopic (exact) mass is 160 g/mol. The van der Waals surface area contributed by atoms with Crippen molar-refractivity contribution in [3.63, 3.8) is 0 Å². The molecule has 0 aromatic heterocycles. The van der Waals surface area contributed by atoms with Crippen LogP contribution in [0.4, 0.5) is 0 Å². The lowest BCUT2D eigenvalue weighted by Crippen LogP contribution is -2.41. The lowest BCUT2D eigenvalue weighted by Gasteiger charge is -2.30. The molecule has 66 valence electrons. The average molecular weight is 160 g/mol. The van der Waals surface area contributed by atoms with E-state index in [2.05, 4.69) is 6.92 Å². The first-order valence-corrected chi connectivity index (χ1v) is 4.21. The molecule has 0 aliphatic carbocycles. The Bertz CT molecular complexity index is 116. The van der Waals surface area contributed by atoms with Crippen molar-refractivity contribution in [2.75, 3.05) is 6.61 Å². The van der Waals surface area contributed by atoms with E-state index < -0.39 is 12.2 Å². The van der Waals surface area contributed by atoms with Gasteiger partial charge in [-0.1, -0.05) is 13.3 Å². The Morgan fingerprint density at radius 3 is 2.64 bits per heavy atom. The first-order chi connectivity index (χ1) is 5.24. The van der Waals surface area contributed by atoms with Crippen LogP contribution in [0.1, 0.15) is 26.2 Å². The van der Waals surface area contributed by atoms with E-state index in [1.807, 2.05) is 0 Å². The summed E-state index contributed by atoms with van der Waals surface area (Å²) in [5.41, 5.74) is 0. The van der Waals surface area contributed by atoms with Gasteiger partial charge in [0.1, 0.15) is 6.10 Å². The summed E-state index contributed by atoms with van der Waals surface area (Å²) in [6.07, 6.45) is 1.51. The first-order valence-electron chi connectivity index (χ1n) is 4.21. The molecule has 0 amide bonds. The molecule has 1 aliphatic heterocycles. The summed E-state index contributed by atoms with van der Waals surface area (Å²) >= 11 is 0. The van der Waals surface area contributed by atoms with Gasteiger partial charge >= 0.3 is 0 Å². The molecular weight excluding hydrogens is 144 g/mol. The summed E-state index contributed by atoms with van der Waals surface area (Å²) in [6, 6.07) is 0. The highest BCUT2D eigenvalue weighted by atomic mass is 16.5. The van der Waals surface area contributed by atoms with Crippen LogP contribution in [-0.2, 0) is 4.74 Å². The molecule has 1 rings (SSSR count). The van der Waals surface area contributed by atoms with Crippen molar-refractivity contribution in [2.24, 2.45) is 0 Å². The van der Waals surface area contributed by atoms with Gasteiger partial charge in [0.2, 0.25) is 0 Å². The van der Waals surface area contributed by atoms with Crippen LogP contribution < -0.4 is 0 Å². The van der Waals surface area contributed by atoms with Gasteiger partial charge in [-0.05, 0) is 6.42 Å². The van der Waals surface area contributed by atoms with Crippen LogP contribution in [0.2, 0.25) is 0 Å². The second-order valence-corrected chi connectivity index (χ2v) is 3.11. The van der Waals surface area contributed by atoms with E-state index in [-0.39, 0.29) is 12.7 Å². The number of hydrogen-bond acceptors (Lipinski definition) is 3. The minimum atomic E-state index is -0.678. The predicted molar refractivity (Wildman–Crippen MR) is 41.3 cm³/mol. The zero-order chi connectivity index (χ0) is 8.27. The lowest BCUT2D eigenvalue weighted by molar-refractivity contribution is -0.122. The van der Waals surface area contributed by atoms with Crippen LogP contribution >= 0.6 is 0 Å². The molecule has 2 N–H and O–H groups in total. The Hall–Kier alpha value is -0.120. The van der Waals surface area contributed by atoms with E-state index in [4.69, 9.17) is 9.84 Å². The van der Waals surface area contributed by atoms with E-state index in [1.165, 1.54) is 0 Å². The molecule has 0 aromatic rings. The number of ether oxygens (including phenoxy) is 1. The second-order valence-electron chi connectivity index (χ2n) is 3.11. The van der Waals surface area contributed by atoms with Gasteiger partial charge in [-0.3, -0.25) is 0 Å². The highest BCUT2D eigenvalue weighted by Crippen LogP contribution is 2.17. The van der Waals surface area contributed by atoms with Crippen LogP contribution in [0.25, 0.3) is 0 Å². The van der Waals surface area contributed by atoms with E-state index in [0.29, 0.717) is 6.42 Å². The summed E-state index contributed by atoms with van der Waals surface area (Å²) < 4.78 is 5.29. The maximum absolute atomic E-state index is 9.24. The highest BCUT2D eigenvalue weighted by molar-refractivity contribution is 4.76. The molecule has 0 bridgehead atoms. The Morgan fingerprint density at radius 1 is 1.36 bits per heavy atom. The number of aliphatic hydroxyl groups is 2. The first kappa shape index (κ1) is 8.97. The summed E-state index contributed by atoms with van der Waals surface area (Å²) in [5.74, 6) is 0. The quantitative estimate of drug-likeness (QED) is 0.610. The lowest BCUT2D eigenvalue weighted by atomic mass is 10.0. The maximum Gasteiger partial charge on any atom is 0.103 e. The van der Waals surface area contributed by atoms with Crippen molar-refractivity contribution in [1.29, 1.82) is 0 Å². The van der Waals surface area contributed by atoms with E-state index in [9.17, 15) is 5.11 Å². The van der Waals surface area contributed by atoms with Gasteiger partial charge in [0, 0.05) is 6.42 Å². The molecule has 1 heterocycles. The third-order valence-corrected chi connectivity index (χ3v) is 2.06. The maximum atomic E-state index is 9.24. The molecule has 0 spiro atoms. The van der Waals surface area contributed by atoms with Crippen molar-refractivity contribution in [2.45, 2.75) is 44.5 Å². The van der Waals surface area contributed by atoms with Crippen LogP contribution in [-0.4, -0.2) is 35.1 Å². The Morgan fingerprint density at radius 2 is 2.09 bits per heavy atom. The van der Waals surface area contributed by atoms with E-state index >= 15 is 0 Å². The van der Waals surface area contributed by atoms with Gasteiger partial charge in [-0.2, -0.15) is 0 Å². The molecule has 3 nitrogen and oxygen atoms in total. The molecule has 0 radical (unpaired) electrons. The standard InChI is InChI=1S/C8H16O3/c1-2-3-6-4-7(9)8(10)5-11-6/h6-10H,2-5H2,1H3. The second kappa shape index (κ2) is 4.04.